The lowest BCUT2D eigenvalue weighted by Crippen LogP contribution is -2.33. The van der Waals surface area contributed by atoms with Crippen LogP contribution in [0.2, 0.25) is 0 Å². The molecule has 1 aliphatic rings. The fourth-order valence-electron chi connectivity index (χ4n) is 2.38. The second kappa shape index (κ2) is 4.68. The molecule has 16 heavy (non-hydrogen) atoms. The number of hydrogen-bond acceptors (Lipinski definition) is 1. The third-order valence-electron chi connectivity index (χ3n) is 3.24. The van der Waals surface area contributed by atoms with Crippen LogP contribution in [0.15, 0.2) is 18.7 Å². The minimum atomic E-state index is 0.110. The average Bonchev–Trinajstić information content (AvgIpc) is 2.87. The first kappa shape index (κ1) is 11.2. The molecule has 2 rings (SSSR count). The molecule has 1 fully saturated rings. The average molecular weight is 222 g/mol. The molecule has 88 valence electrons. The Morgan fingerprint density at radius 3 is 3.00 bits per heavy atom. The van der Waals surface area contributed by atoms with Gasteiger partial charge in [-0.05, 0) is 18.8 Å². The Labute approximate surface area is 96.5 Å². The second-order valence-corrected chi connectivity index (χ2v) is 4.66. The van der Waals surface area contributed by atoms with Crippen LogP contribution >= 0.6 is 0 Å². The van der Waals surface area contributed by atoms with Gasteiger partial charge in [0.15, 0.2) is 0 Å². The fourth-order valence-corrected chi connectivity index (χ4v) is 2.38. The monoisotopic (exact) mass is 222 g/mol. The largest absolute Gasteiger partial charge is 0.415 e. The summed E-state index contributed by atoms with van der Waals surface area (Å²) in [6.07, 6.45) is 9.13. The molecular weight excluding hydrogens is 202 g/mol. The van der Waals surface area contributed by atoms with Crippen molar-refractivity contribution in [1.29, 1.82) is 0 Å². The molecule has 1 amide bonds. The summed E-state index contributed by atoms with van der Waals surface area (Å²) >= 11 is 0. The minimum Gasteiger partial charge on any atom is -0.304 e. The Bertz CT molecular complexity index is 372. The normalized spacial score (nSPS) is 20.4. The van der Waals surface area contributed by atoms with Crippen molar-refractivity contribution in [1.82, 2.24) is 9.47 Å². The Morgan fingerprint density at radius 1 is 1.56 bits per heavy atom. The van der Waals surface area contributed by atoms with Crippen molar-refractivity contribution in [2.75, 3.05) is 13.1 Å². The highest BCUT2D eigenvalue weighted by Crippen LogP contribution is 2.21. The lowest BCUT2D eigenvalue weighted by Gasteiger charge is -2.12. The molecule has 1 aliphatic heterocycles. The molecule has 1 saturated heterocycles. The van der Waals surface area contributed by atoms with Crippen LogP contribution in [0.1, 0.15) is 26.2 Å². The molecule has 0 aliphatic carbocycles. The van der Waals surface area contributed by atoms with E-state index >= 15 is 0 Å². The Hall–Kier alpha value is -1.32. The van der Waals surface area contributed by atoms with Crippen molar-refractivity contribution in [3.05, 3.63) is 18.7 Å². The highest BCUT2D eigenvalue weighted by atomic mass is 16.2. The molecular formula is C12H20N3O+. The van der Waals surface area contributed by atoms with E-state index in [1.807, 2.05) is 35.2 Å². The summed E-state index contributed by atoms with van der Waals surface area (Å²) < 4.78 is 3.55. The standard InChI is InChI=1S/C12H20N3O/c1-3-4-11-5-6-14(9-11)12(16)15-8-7-13(2)10-15/h7-8,10-11H,3-6,9H2,1-2H3/q+1. The smallest absolute Gasteiger partial charge is 0.304 e. The number of aryl methyl sites for hydroxylation is 1. The van der Waals surface area contributed by atoms with Crippen molar-refractivity contribution in [3.63, 3.8) is 0 Å². The number of amides is 1. The molecule has 1 aromatic heterocycles. The quantitative estimate of drug-likeness (QED) is 0.695. The second-order valence-electron chi connectivity index (χ2n) is 4.66. The lowest BCUT2D eigenvalue weighted by molar-refractivity contribution is -0.670. The van der Waals surface area contributed by atoms with Crippen LogP contribution in [0.4, 0.5) is 4.79 Å². The topological polar surface area (TPSA) is 29.1 Å². The number of aromatic nitrogens is 2. The van der Waals surface area contributed by atoms with E-state index in [1.165, 1.54) is 12.8 Å². The maximum absolute atomic E-state index is 12.1. The van der Waals surface area contributed by atoms with Crippen molar-refractivity contribution in [2.24, 2.45) is 13.0 Å². The number of rotatable bonds is 2. The number of imidazole rings is 1. The summed E-state index contributed by atoms with van der Waals surface area (Å²) in [6.45, 7) is 4.04. The van der Waals surface area contributed by atoms with Crippen molar-refractivity contribution in [2.45, 2.75) is 26.2 Å². The molecule has 1 atom stereocenters. The maximum atomic E-state index is 12.1. The lowest BCUT2D eigenvalue weighted by atomic mass is 10.0. The van der Waals surface area contributed by atoms with Crippen molar-refractivity contribution in [3.8, 4) is 0 Å². The highest BCUT2D eigenvalue weighted by molar-refractivity contribution is 5.76. The summed E-state index contributed by atoms with van der Waals surface area (Å²) in [5.74, 6) is 0.707. The predicted molar refractivity (Wildman–Crippen MR) is 61.0 cm³/mol. The Kier molecular flexibility index (Phi) is 3.27. The SMILES string of the molecule is CCCC1CCN(C(=O)n2cc[n+](C)c2)C1. The van der Waals surface area contributed by atoms with Crippen LogP contribution in [0, 0.1) is 5.92 Å². The number of likely N-dealkylation sites (tertiary alicyclic amines) is 1. The summed E-state index contributed by atoms with van der Waals surface area (Å²) in [5.41, 5.74) is 0. The first-order valence-corrected chi connectivity index (χ1v) is 6.03. The van der Waals surface area contributed by atoms with E-state index in [2.05, 4.69) is 6.92 Å². The molecule has 4 nitrogen and oxygen atoms in total. The van der Waals surface area contributed by atoms with Gasteiger partial charge in [0, 0.05) is 13.1 Å². The predicted octanol–water partition coefficient (Wildman–Crippen LogP) is 1.40. The third kappa shape index (κ3) is 2.26. The zero-order chi connectivity index (χ0) is 11.5. The number of hydrogen-bond donors (Lipinski definition) is 0. The van der Waals surface area contributed by atoms with Crippen molar-refractivity contribution < 1.29 is 9.36 Å². The first-order valence-electron chi connectivity index (χ1n) is 6.03. The number of nitrogens with zero attached hydrogens (tertiary/aromatic N) is 3. The van der Waals surface area contributed by atoms with Crippen molar-refractivity contribution >= 4 is 6.03 Å². The van der Waals surface area contributed by atoms with Gasteiger partial charge in [0.2, 0.25) is 0 Å². The molecule has 0 aromatic carbocycles. The van der Waals surface area contributed by atoms with E-state index in [0.29, 0.717) is 5.92 Å². The van der Waals surface area contributed by atoms with E-state index in [-0.39, 0.29) is 6.03 Å². The maximum Gasteiger partial charge on any atom is 0.415 e. The van der Waals surface area contributed by atoms with Gasteiger partial charge in [0.1, 0.15) is 12.4 Å². The van der Waals surface area contributed by atoms with E-state index < -0.39 is 0 Å². The Morgan fingerprint density at radius 2 is 2.38 bits per heavy atom. The summed E-state index contributed by atoms with van der Waals surface area (Å²) in [6, 6.07) is 0.110. The fraction of sp³-hybridized carbons (Fsp3) is 0.667. The zero-order valence-corrected chi connectivity index (χ0v) is 10.1. The molecule has 2 heterocycles. The zero-order valence-electron chi connectivity index (χ0n) is 10.1. The van der Waals surface area contributed by atoms with Gasteiger partial charge in [-0.15, -0.1) is 0 Å². The molecule has 0 radical (unpaired) electrons. The number of carbonyl (C=O) groups is 1. The van der Waals surface area contributed by atoms with E-state index in [4.69, 9.17) is 0 Å². The van der Waals surface area contributed by atoms with E-state index in [1.54, 1.807) is 4.57 Å². The van der Waals surface area contributed by atoms with Gasteiger partial charge < -0.3 is 4.90 Å². The van der Waals surface area contributed by atoms with Crippen LogP contribution in [0.3, 0.4) is 0 Å². The molecule has 0 saturated carbocycles. The van der Waals surface area contributed by atoms with Crippen LogP contribution < -0.4 is 4.57 Å². The molecule has 1 aromatic rings. The molecule has 0 spiro atoms. The highest BCUT2D eigenvalue weighted by Gasteiger charge is 2.29. The minimum absolute atomic E-state index is 0.110. The van der Waals surface area contributed by atoms with Gasteiger partial charge in [-0.1, -0.05) is 13.3 Å². The molecule has 0 N–H and O–H groups in total. The van der Waals surface area contributed by atoms with Gasteiger partial charge in [-0.3, -0.25) is 0 Å². The summed E-state index contributed by atoms with van der Waals surface area (Å²) in [5, 5.41) is 0. The molecule has 4 heteroatoms. The van der Waals surface area contributed by atoms with Gasteiger partial charge in [0.25, 0.3) is 6.33 Å². The van der Waals surface area contributed by atoms with Crippen LogP contribution in [-0.2, 0) is 7.05 Å². The third-order valence-corrected chi connectivity index (χ3v) is 3.24. The van der Waals surface area contributed by atoms with Gasteiger partial charge in [0.05, 0.1) is 7.05 Å². The summed E-state index contributed by atoms with van der Waals surface area (Å²) in [7, 11) is 1.92. The van der Waals surface area contributed by atoms with Crippen LogP contribution in [-0.4, -0.2) is 28.6 Å². The van der Waals surface area contributed by atoms with Gasteiger partial charge >= 0.3 is 6.03 Å². The first-order chi connectivity index (χ1) is 7.70. The van der Waals surface area contributed by atoms with Crippen LogP contribution in [0.25, 0.3) is 0 Å². The number of carbonyl (C=O) groups excluding carboxylic acids is 1. The molecule has 1 unspecified atom stereocenters. The Balaban J connectivity index is 1.97. The van der Waals surface area contributed by atoms with Crippen LogP contribution in [0.5, 0.6) is 0 Å². The van der Waals surface area contributed by atoms with Gasteiger partial charge in [-0.2, -0.15) is 4.57 Å². The van der Waals surface area contributed by atoms with E-state index in [9.17, 15) is 4.79 Å². The van der Waals surface area contributed by atoms with E-state index in [0.717, 1.165) is 19.5 Å². The molecule has 0 bridgehead atoms. The van der Waals surface area contributed by atoms with Gasteiger partial charge in [-0.25, -0.2) is 9.36 Å². The summed E-state index contributed by atoms with van der Waals surface area (Å²) in [4.78, 5) is 14.0.